The number of hydrogen-bond acceptors (Lipinski definition) is 7. The molecule has 11 nitrogen and oxygen atoms in total. The number of nitrogens with two attached hydrogens (primary N) is 1. The molecule has 0 radical (unpaired) electrons. The summed E-state index contributed by atoms with van der Waals surface area (Å²) in [5.41, 5.74) is 9.84. The topological polar surface area (TPSA) is 175 Å². The molecular weight excluding hydrogens is 553 g/mol. The number of nitriles is 1. The molecule has 0 bridgehead atoms. The van der Waals surface area contributed by atoms with E-state index in [0.29, 0.717) is 21.6 Å². The number of benzene rings is 2. The van der Waals surface area contributed by atoms with E-state index in [0.717, 1.165) is 16.7 Å². The molecule has 3 aromatic heterocycles. The molecule has 1 amide bonds. The number of carbonyl (C=O) groups is 2. The number of carbonyl (C=O) groups excluding carboxylic acids is 1. The minimum absolute atomic E-state index is 0.0856. The highest BCUT2D eigenvalue weighted by Gasteiger charge is 2.38. The molecule has 0 aliphatic carbocycles. The molecule has 0 spiro atoms. The van der Waals surface area contributed by atoms with E-state index in [1.165, 1.54) is 4.52 Å². The third kappa shape index (κ3) is 5.36. The number of anilines is 1. The van der Waals surface area contributed by atoms with Crippen LogP contribution in [-0.2, 0) is 4.79 Å². The van der Waals surface area contributed by atoms with Crippen LogP contribution in [0.1, 0.15) is 34.6 Å². The lowest BCUT2D eigenvalue weighted by Gasteiger charge is -2.20. The van der Waals surface area contributed by atoms with Gasteiger partial charge in [-0.2, -0.15) is 23.5 Å². The second-order valence-electron chi connectivity index (χ2n) is 8.27. The van der Waals surface area contributed by atoms with E-state index in [1.807, 2.05) is 37.3 Å². The van der Waals surface area contributed by atoms with Crippen LogP contribution in [0.25, 0.3) is 27.7 Å². The minimum atomic E-state index is -5.08. The highest BCUT2D eigenvalue weighted by molar-refractivity contribution is 6.36. The maximum Gasteiger partial charge on any atom is 0.490 e. The molecule has 15 heteroatoms. The normalized spacial score (nSPS) is 11.9. The Morgan fingerprint density at radius 1 is 1.25 bits per heavy atom. The molecule has 204 valence electrons. The van der Waals surface area contributed by atoms with Crippen molar-refractivity contribution in [1.29, 1.82) is 5.26 Å². The fourth-order valence-corrected chi connectivity index (χ4v) is 4.29. The van der Waals surface area contributed by atoms with Gasteiger partial charge in [0, 0.05) is 18.0 Å². The van der Waals surface area contributed by atoms with Gasteiger partial charge in [0.25, 0.3) is 5.91 Å². The third-order valence-electron chi connectivity index (χ3n) is 5.70. The summed E-state index contributed by atoms with van der Waals surface area (Å²) >= 11 is 6.56. The number of carboxylic acids is 1. The number of aromatic amines is 1. The van der Waals surface area contributed by atoms with Gasteiger partial charge < -0.3 is 16.2 Å². The van der Waals surface area contributed by atoms with Gasteiger partial charge in [-0.25, -0.2) is 14.3 Å². The number of hydrogen-bond donors (Lipinski definition) is 4. The summed E-state index contributed by atoms with van der Waals surface area (Å²) < 4.78 is 33.2. The van der Waals surface area contributed by atoms with Crippen molar-refractivity contribution in [2.75, 3.05) is 5.73 Å². The van der Waals surface area contributed by atoms with Crippen molar-refractivity contribution < 1.29 is 27.9 Å². The van der Waals surface area contributed by atoms with Gasteiger partial charge in [-0.3, -0.25) is 9.89 Å². The number of rotatable bonds is 4. The first-order valence-electron chi connectivity index (χ1n) is 11.3. The fourth-order valence-electron chi connectivity index (χ4n) is 3.99. The SMILES string of the molecule is CC(NC(=O)c1c(N)nn2cccnc12)c1cc(Cl)c2c(C#N)n[nH]c2c1-c1ccccc1.O=C(O)C(F)(F)F. The zero-order chi connectivity index (χ0) is 29.2. The van der Waals surface area contributed by atoms with Crippen LogP contribution in [0.2, 0.25) is 5.02 Å². The molecule has 5 rings (SSSR count). The van der Waals surface area contributed by atoms with E-state index in [4.69, 9.17) is 27.2 Å². The summed E-state index contributed by atoms with van der Waals surface area (Å²) in [5.74, 6) is -3.08. The number of nitrogen functional groups attached to an aromatic ring is 1. The number of H-pyrrole nitrogens is 1. The van der Waals surface area contributed by atoms with Gasteiger partial charge in [0.05, 0.1) is 22.0 Å². The predicted octanol–water partition coefficient (Wildman–Crippen LogP) is 4.50. The number of nitrogens with zero attached hydrogens (tertiary/aromatic N) is 5. The van der Waals surface area contributed by atoms with Crippen LogP contribution in [0.4, 0.5) is 19.0 Å². The lowest BCUT2D eigenvalue weighted by Crippen LogP contribution is -2.27. The predicted molar refractivity (Wildman–Crippen MR) is 138 cm³/mol. The van der Waals surface area contributed by atoms with Gasteiger partial charge in [0.15, 0.2) is 17.2 Å². The zero-order valence-corrected chi connectivity index (χ0v) is 21.1. The molecule has 5 N–H and O–H groups in total. The highest BCUT2D eigenvalue weighted by atomic mass is 35.5. The van der Waals surface area contributed by atoms with Crippen LogP contribution in [0, 0.1) is 11.3 Å². The molecule has 0 fully saturated rings. The van der Waals surface area contributed by atoms with E-state index in [1.54, 1.807) is 24.5 Å². The fraction of sp³-hybridized carbons (Fsp3) is 0.120. The van der Waals surface area contributed by atoms with Crippen LogP contribution in [0.3, 0.4) is 0 Å². The van der Waals surface area contributed by atoms with Crippen LogP contribution in [-0.4, -0.2) is 48.0 Å². The average molecular weight is 571 g/mol. The van der Waals surface area contributed by atoms with Crippen molar-refractivity contribution in [3.05, 3.63) is 76.7 Å². The number of halogens is 4. The third-order valence-corrected chi connectivity index (χ3v) is 6.00. The molecule has 0 aliphatic rings. The van der Waals surface area contributed by atoms with Crippen molar-refractivity contribution in [1.82, 2.24) is 30.1 Å². The van der Waals surface area contributed by atoms with Crippen LogP contribution < -0.4 is 11.1 Å². The number of fused-ring (bicyclic) bond motifs is 2. The number of carboxylic acid groups (broad SMARTS) is 1. The molecule has 0 aliphatic heterocycles. The highest BCUT2D eigenvalue weighted by Crippen LogP contribution is 2.39. The molecule has 0 saturated carbocycles. The summed E-state index contributed by atoms with van der Waals surface area (Å²) in [5, 5.41) is 31.7. The van der Waals surface area contributed by atoms with Crippen molar-refractivity contribution >= 4 is 45.8 Å². The Bertz CT molecular complexity index is 1780. The number of nitrogens with one attached hydrogen (secondary N) is 2. The van der Waals surface area contributed by atoms with Gasteiger partial charge in [0.1, 0.15) is 11.6 Å². The Labute approximate surface area is 228 Å². The summed E-state index contributed by atoms with van der Waals surface area (Å²) in [4.78, 5) is 26.3. The smallest absolute Gasteiger partial charge is 0.475 e. The number of aromatic nitrogens is 5. The standard InChI is InChI=1S/C23H17ClN8O.C2HF3O2/c1-12(28-23(33)19-21(26)31-32-9-5-8-27-22(19)32)14-10-15(24)18-16(11-25)29-30-20(18)17(14)13-6-3-2-4-7-13;3-2(4,5)1(6)7/h2-10,12H,1H3,(H2,26,31)(H,28,33)(H,29,30);(H,6,7). The number of alkyl halides is 3. The number of aliphatic carboxylic acids is 1. The molecule has 5 aromatic rings. The van der Waals surface area contributed by atoms with Crippen LogP contribution >= 0.6 is 11.6 Å². The summed E-state index contributed by atoms with van der Waals surface area (Å²) in [6.45, 7) is 1.85. The summed E-state index contributed by atoms with van der Waals surface area (Å²) in [6, 6.07) is 14.7. The second kappa shape index (κ2) is 10.9. The largest absolute Gasteiger partial charge is 0.490 e. The lowest BCUT2D eigenvalue weighted by molar-refractivity contribution is -0.192. The molecule has 1 atom stereocenters. The van der Waals surface area contributed by atoms with E-state index in [9.17, 15) is 23.2 Å². The molecule has 0 saturated heterocycles. The van der Waals surface area contributed by atoms with Gasteiger partial charge >= 0.3 is 12.1 Å². The lowest BCUT2D eigenvalue weighted by atomic mass is 9.92. The first kappa shape index (κ1) is 27.9. The quantitative estimate of drug-likeness (QED) is 0.244. The Morgan fingerprint density at radius 2 is 1.93 bits per heavy atom. The van der Waals surface area contributed by atoms with E-state index >= 15 is 0 Å². The first-order valence-corrected chi connectivity index (χ1v) is 11.7. The maximum atomic E-state index is 13.2. The zero-order valence-electron chi connectivity index (χ0n) is 20.4. The molecule has 3 heterocycles. The van der Waals surface area contributed by atoms with Crippen molar-refractivity contribution in [2.24, 2.45) is 0 Å². The molecule has 2 aromatic carbocycles. The maximum absolute atomic E-state index is 13.2. The molecule has 40 heavy (non-hydrogen) atoms. The first-order chi connectivity index (χ1) is 18.9. The summed E-state index contributed by atoms with van der Waals surface area (Å²) in [6.07, 6.45) is -1.84. The monoisotopic (exact) mass is 570 g/mol. The van der Waals surface area contributed by atoms with Crippen molar-refractivity contribution in [2.45, 2.75) is 19.1 Å². The van der Waals surface area contributed by atoms with E-state index in [2.05, 4.69) is 31.7 Å². The minimum Gasteiger partial charge on any atom is -0.475 e. The Kier molecular flexibility index (Phi) is 7.60. The van der Waals surface area contributed by atoms with Crippen LogP contribution in [0.5, 0.6) is 0 Å². The number of amides is 1. The van der Waals surface area contributed by atoms with Gasteiger partial charge in [-0.05, 0) is 30.2 Å². The van der Waals surface area contributed by atoms with Gasteiger partial charge in [0.2, 0.25) is 0 Å². The summed E-state index contributed by atoms with van der Waals surface area (Å²) in [7, 11) is 0. The van der Waals surface area contributed by atoms with E-state index < -0.39 is 24.1 Å². The van der Waals surface area contributed by atoms with Gasteiger partial charge in [-0.1, -0.05) is 41.9 Å². The van der Waals surface area contributed by atoms with Crippen molar-refractivity contribution in [3.63, 3.8) is 0 Å². The average Bonchev–Trinajstić information content (AvgIpc) is 3.49. The second-order valence-corrected chi connectivity index (χ2v) is 8.68. The van der Waals surface area contributed by atoms with Gasteiger partial charge in [-0.15, -0.1) is 5.10 Å². The Hall–Kier alpha value is -5.16. The molecule has 1 unspecified atom stereocenters. The molecular formula is C25H18ClF3N8O3. The van der Waals surface area contributed by atoms with Crippen molar-refractivity contribution in [3.8, 4) is 17.2 Å². The Morgan fingerprint density at radius 3 is 2.55 bits per heavy atom. The van der Waals surface area contributed by atoms with E-state index in [-0.39, 0.29) is 17.1 Å². The Balaban J connectivity index is 0.000000470. The van der Waals surface area contributed by atoms with Crippen LogP contribution in [0.15, 0.2) is 54.9 Å².